The number of hydrogen-bond donors (Lipinski definition) is 1. The summed E-state index contributed by atoms with van der Waals surface area (Å²) in [4.78, 5) is 15.1. The van der Waals surface area contributed by atoms with Crippen molar-refractivity contribution in [1.82, 2.24) is 9.80 Å². The fourth-order valence-electron chi connectivity index (χ4n) is 1.45. The van der Waals surface area contributed by atoms with Gasteiger partial charge in [0, 0.05) is 19.1 Å². The molecule has 1 aliphatic heterocycles. The van der Waals surface area contributed by atoms with Gasteiger partial charge in [0.2, 0.25) is 0 Å². The molecule has 0 aromatic rings. The minimum atomic E-state index is 0.0822. The molecule has 0 aromatic heterocycles. The zero-order valence-electron chi connectivity index (χ0n) is 7.79. The van der Waals surface area contributed by atoms with Gasteiger partial charge in [0.1, 0.15) is 0 Å². The highest BCUT2D eigenvalue weighted by atomic mass is 16.2. The van der Waals surface area contributed by atoms with Crippen molar-refractivity contribution in [1.29, 1.82) is 0 Å². The van der Waals surface area contributed by atoms with Gasteiger partial charge in [0.05, 0.1) is 6.67 Å². The Bertz CT molecular complexity index is 170. The zero-order chi connectivity index (χ0) is 9.14. The quantitative estimate of drug-likeness (QED) is 0.655. The van der Waals surface area contributed by atoms with E-state index in [1.54, 1.807) is 4.90 Å². The van der Waals surface area contributed by atoms with E-state index in [4.69, 9.17) is 5.73 Å². The van der Waals surface area contributed by atoms with Crippen molar-refractivity contribution in [3.05, 3.63) is 0 Å². The Morgan fingerprint density at radius 3 is 2.67 bits per heavy atom. The van der Waals surface area contributed by atoms with Crippen molar-refractivity contribution in [3.63, 3.8) is 0 Å². The molecule has 1 fully saturated rings. The smallest absolute Gasteiger partial charge is 0.321 e. The first-order valence-electron chi connectivity index (χ1n) is 4.42. The lowest BCUT2D eigenvalue weighted by molar-refractivity contribution is 0.117. The average Bonchev–Trinajstić information content (AvgIpc) is 2.04. The molecule has 4 nitrogen and oxygen atoms in total. The van der Waals surface area contributed by atoms with Crippen LogP contribution in [0.15, 0.2) is 0 Å². The van der Waals surface area contributed by atoms with E-state index in [2.05, 4.69) is 0 Å². The predicted octanol–water partition coefficient (Wildman–Crippen LogP) is 0.439. The van der Waals surface area contributed by atoms with Crippen LogP contribution in [0.2, 0.25) is 0 Å². The van der Waals surface area contributed by atoms with Crippen LogP contribution in [0.5, 0.6) is 0 Å². The number of carbonyl (C=O) groups excluding carboxylic acids is 1. The molecule has 70 valence electrons. The summed E-state index contributed by atoms with van der Waals surface area (Å²) in [6.45, 7) is 6.06. The van der Waals surface area contributed by atoms with Crippen LogP contribution in [0.25, 0.3) is 0 Å². The van der Waals surface area contributed by atoms with Crippen LogP contribution in [0, 0.1) is 0 Å². The van der Waals surface area contributed by atoms with Gasteiger partial charge in [-0.05, 0) is 20.3 Å². The summed E-state index contributed by atoms with van der Waals surface area (Å²) >= 11 is 0. The van der Waals surface area contributed by atoms with E-state index in [-0.39, 0.29) is 12.1 Å². The summed E-state index contributed by atoms with van der Waals surface area (Å²) in [5.41, 5.74) is 5.43. The van der Waals surface area contributed by atoms with Crippen LogP contribution in [0.3, 0.4) is 0 Å². The molecule has 2 N–H and O–H groups in total. The molecule has 0 bridgehead atoms. The third-order valence-electron chi connectivity index (χ3n) is 2.19. The van der Waals surface area contributed by atoms with Crippen LogP contribution in [-0.4, -0.2) is 41.6 Å². The van der Waals surface area contributed by atoms with Gasteiger partial charge in [0.25, 0.3) is 0 Å². The molecule has 1 aliphatic rings. The van der Waals surface area contributed by atoms with Gasteiger partial charge in [0.15, 0.2) is 0 Å². The number of hydrogen-bond acceptors (Lipinski definition) is 2. The van der Waals surface area contributed by atoms with Crippen molar-refractivity contribution in [2.24, 2.45) is 5.73 Å². The molecule has 0 aromatic carbocycles. The number of nitrogens with two attached hydrogens (primary N) is 1. The molecule has 2 amide bonds. The molecule has 1 saturated heterocycles. The second-order valence-electron chi connectivity index (χ2n) is 3.37. The predicted molar refractivity (Wildman–Crippen MR) is 47.6 cm³/mol. The summed E-state index contributed by atoms with van der Waals surface area (Å²) in [6, 6.07) is 0.366. The lowest BCUT2D eigenvalue weighted by Gasteiger charge is -2.37. The Kier molecular flexibility index (Phi) is 2.92. The molecule has 0 radical (unpaired) electrons. The van der Waals surface area contributed by atoms with Crippen molar-refractivity contribution in [2.75, 3.05) is 19.8 Å². The maximum Gasteiger partial charge on any atom is 0.321 e. The third kappa shape index (κ3) is 1.69. The monoisotopic (exact) mass is 171 g/mol. The van der Waals surface area contributed by atoms with Gasteiger partial charge < -0.3 is 15.5 Å². The van der Waals surface area contributed by atoms with Crippen molar-refractivity contribution in [3.8, 4) is 0 Å². The second-order valence-corrected chi connectivity index (χ2v) is 3.37. The maximum atomic E-state index is 11.6. The van der Waals surface area contributed by atoms with Gasteiger partial charge in [-0.1, -0.05) is 0 Å². The SMILES string of the molecule is CC(C)N1CCCN(CN)C1=O. The Balaban J connectivity index is 2.59. The van der Waals surface area contributed by atoms with Crippen LogP contribution in [0.4, 0.5) is 4.79 Å². The van der Waals surface area contributed by atoms with E-state index in [9.17, 15) is 4.79 Å². The first-order valence-corrected chi connectivity index (χ1v) is 4.42. The Morgan fingerprint density at radius 2 is 2.17 bits per heavy atom. The maximum absolute atomic E-state index is 11.6. The van der Waals surface area contributed by atoms with Gasteiger partial charge in [-0.3, -0.25) is 0 Å². The number of carbonyl (C=O) groups is 1. The highest BCUT2D eigenvalue weighted by Crippen LogP contribution is 2.10. The molecule has 4 heteroatoms. The lowest BCUT2D eigenvalue weighted by Crippen LogP contribution is -2.53. The molecule has 0 spiro atoms. The molecular weight excluding hydrogens is 154 g/mol. The Labute approximate surface area is 73.3 Å². The van der Waals surface area contributed by atoms with E-state index in [0.29, 0.717) is 6.67 Å². The minimum Gasteiger partial charge on any atom is -0.322 e. The summed E-state index contributed by atoms with van der Waals surface area (Å²) in [5, 5.41) is 0. The second kappa shape index (κ2) is 3.76. The lowest BCUT2D eigenvalue weighted by atomic mass is 10.2. The van der Waals surface area contributed by atoms with Crippen molar-refractivity contribution >= 4 is 6.03 Å². The molecule has 1 heterocycles. The first-order chi connectivity index (χ1) is 5.66. The first kappa shape index (κ1) is 9.32. The summed E-state index contributed by atoms with van der Waals surface area (Å²) < 4.78 is 0. The van der Waals surface area contributed by atoms with Crippen LogP contribution in [-0.2, 0) is 0 Å². The molecule has 0 aliphatic carbocycles. The molecule has 0 unspecified atom stereocenters. The van der Waals surface area contributed by atoms with Crippen LogP contribution < -0.4 is 5.73 Å². The van der Waals surface area contributed by atoms with E-state index in [0.717, 1.165) is 19.5 Å². The van der Waals surface area contributed by atoms with E-state index >= 15 is 0 Å². The Morgan fingerprint density at radius 1 is 1.50 bits per heavy atom. The molecule has 0 saturated carbocycles. The highest BCUT2D eigenvalue weighted by molar-refractivity contribution is 5.75. The van der Waals surface area contributed by atoms with Crippen LogP contribution in [0.1, 0.15) is 20.3 Å². The summed E-state index contributed by atoms with van der Waals surface area (Å²) in [7, 11) is 0. The van der Waals surface area contributed by atoms with Gasteiger partial charge in [-0.15, -0.1) is 0 Å². The largest absolute Gasteiger partial charge is 0.322 e. The molecule has 12 heavy (non-hydrogen) atoms. The Hall–Kier alpha value is -0.770. The third-order valence-corrected chi connectivity index (χ3v) is 2.19. The van der Waals surface area contributed by atoms with Crippen molar-refractivity contribution in [2.45, 2.75) is 26.3 Å². The standard InChI is InChI=1S/C8H17N3O/c1-7(2)11-5-3-4-10(6-9)8(11)12/h7H,3-6,9H2,1-2H3. The molecule has 0 atom stereocenters. The van der Waals surface area contributed by atoms with E-state index in [1.807, 2.05) is 18.7 Å². The average molecular weight is 171 g/mol. The summed E-state index contributed by atoms with van der Waals surface area (Å²) in [6.07, 6.45) is 1.03. The zero-order valence-corrected chi connectivity index (χ0v) is 7.79. The molecule has 1 rings (SSSR count). The fourth-order valence-corrected chi connectivity index (χ4v) is 1.45. The fraction of sp³-hybridized carbons (Fsp3) is 0.875. The summed E-state index contributed by atoms with van der Waals surface area (Å²) in [5.74, 6) is 0. The molecular formula is C8H17N3O. The number of amides is 2. The van der Waals surface area contributed by atoms with Gasteiger partial charge in [-0.2, -0.15) is 0 Å². The highest BCUT2D eigenvalue weighted by Gasteiger charge is 2.25. The van der Waals surface area contributed by atoms with Crippen LogP contribution >= 0.6 is 0 Å². The topological polar surface area (TPSA) is 49.6 Å². The minimum absolute atomic E-state index is 0.0822. The number of nitrogens with zero attached hydrogens (tertiary/aromatic N) is 2. The number of urea groups is 1. The van der Waals surface area contributed by atoms with Gasteiger partial charge >= 0.3 is 6.03 Å². The van der Waals surface area contributed by atoms with E-state index < -0.39 is 0 Å². The number of rotatable bonds is 2. The normalized spacial score (nSPS) is 19.2. The van der Waals surface area contributed by atoms with Gasteiger partial charge in [-0.25, -0.2) is 4.79 Å². The van der Waals surface area contributed by atoms with Crippen molar-refractivity contribution < 1.29 is 4.79 Å². The van der Waals surface area contributed by atoms with E-state index in [1.165, 1.54) is 0 Å².